The molecule has 0 aliphatic carbocycles. The van der Waals surface area contributed by atoms with Crippen LogP contribution in [0.2, 0.25) is 0 Å². The number of rotatable bonds is 4. The van der Waals surface area contributed by atoms with Crippen molar-refractivity contribution in [3.05, 3.63) is 29.7 Å². The molecule has 1 aromatic heterocycles. The summed E-state index contributed by atoms with van der Waals surface area (Å²) in [6.07, 6.45) is 7.84. The maximum absolute atomic E-state index is 11.0. The normalized spacial score (nSPS) is 21.4. The minimum Gasteiger partial charge on any atom is -0.619 e. The average Bonchev–Trinajstić information content (AvgIpc) is 2.32. The SMILES string of the molecule is CN1CCCCC1CCOc1ccc[n+]([O-])c1. The van der Waals surface area contributed by atoms with Crippen LogP contribution in [0.4, 0.5) is 0 Å². The highest BCUT2D eigenvalue weighted by molar-refractivity contribution is 5.12. The van der Waals surface area contributed by atoms with Gasteiger partial charge in [-0.1, -0.05) is 6.42 Å². The van der Waals surface area contributed by atoms with Gasteiger partial charge in [0, 0.05) is 12.1 Å². The van der Waals surface area contributed by atoms with Crippen LogP contribution >= 0.6 is 0 Å². The van der Waals surface area contributed by atoms with Gasteiger partial charge in [0.05, 0.1) is 6.61 Å². The summed E-state index contributed by atoms with van der Waals surface area (Å²) in [6.45, 7) is 1.87. The van der Waals surface area contributed by atoms with Gasteiger partial charge in [0.2, 0.25) is 6.20 Å². The number of piperidine rings is 1. The van der Waals surface area contributed by atoms with Crippen LogP contribution in [0.15, 0.2) is 24.5 Å². The van der Waals surface area contributed by atoms with Crippen molar-refractivity contribution in [2.75, 3.05) is 20.2 Å². The summed E-state index contributed by atoms with van der Waals surface area (Å²) < 4.78 is 6.36. The van der Waals surface area contributed by atoms with Crippen LogP contribution in [0.3, 0.4) is 0 Å². The van der Waals surface area contributed by atoms with Crippen molar-refractivity contribution in [2.45, 2.75) is 31.7 Å². The molecule has 0 N–H and O–H groups in total. The molecule has 17 heavy (non-hydrogen) atoms. The maximum Gasteiger partial charge on any atom is 0.222 e. The Bertz CT molecular complexity index is 357. The highest BCUT2D eigenvalue weighted by atomic mass is 16.5. The number of hydrogen-bond donors (Lipinski definition) is 0. The lowest BCUT2D eigenvalue weighted by Crippen LogP contribution is -2.37. The second-order valence-corrected chi connectivity index (χ2v) is 4.67. The molecule has 1 aliphatic rings. The molecule has 1 aromatic rings. The molecule has 4 heteroatoms. The number of pyridine rings is 1. The minimum absolute atomic E-state index is 0.631. The van der Waals surface area contributed by atoms with Gasteiger partial charge in [-0.15, -0.1) is 0 Å². The number of nitrogens with zero attached hydrogens (tertiary/aromatic N) is 2. The third-order valence-corrected chi connectivity index (χ3v) is 3.39. The van der Waals surface area contributed by atoms with E-state index in [1.165, 1.54) is 38.2 Å². The molecule has 0 saturated carbocycles. The van der Waals surface area contributed by atoms with Crippen molar-refractivity contribution in [3.8, 4) is 5.75 Å². The summed E-state index contributed by atoms with van der Waals surface area (Å²) in [4.78, 5) is 2.41. The number of hydrogen-bond acceptors (Lipinski definition) is 3. The van der Waals surface area contributed by atoms with Crippen LogP contribution in [0.25, 0.3) is 0 Å². The summed E-state index contributed by atoms with van der Waals surface area (Å²) >= 11 is 0. The van der Waals surface area contributed by atoms with E-state index in [0.29, 0.717) is 18.4 Å². The van der Waals surface area contributed by atoms with Gasteiger partial charge in [-0.2, -0.15) is 4.73 Å². The second kappa shape index (κ2) is 5.87. The first kappa shape index (κ1) is 12.2. The Morgan fingerprint density at radius 1 is 1.53 bits per heavy atom. The Balaban J connectivity index is 1.75. The van der Waals surface area contributed by atoms with Crippen LogP contribution in [0, 0.1) is 5.21 Å². The summed E-state index contributed by atoms with van der Waals surface area (Å²) in [7, 11) is 2.18. The lowest BCUT2D eigenvalue weighted by molar-refractivity contribution is -0.605. The minimum atomic E-state index is 0.631. The largest absolute Gasteiger partial charge is 0.619 e. The molecule has 2 rings (SSSR count). The second-order valence-electron chi connectivity index (χ2n) is 4.67. The fraction of sp³-hybridized carbons (Fsp3) is 0.615. The van der Waals surface area contributed by atoms with Crippen molar-refractivity contribution in [1.29, 1.82) is 0 Å². The molecular weight excluding hydrogens is 216 g/mol. The predicted molar refractivity (Wildman–Crippen MR) is 65.8 cm³/mol. The summed E-state index contributed by atoms with van der Waals surface area (Å²) in [5, 5.41) is 11.0. The fourth-order valence-electron chi connectivity index (χ4n) is 2.34. The monoisotopic (exact) mass is 236 g/mol. The van der Waals surface area contributed by atoms with E-state index >= 15 is 0 Å². The van der Waals surface area contributed by atoms with Crippen molar-refractivity contribution in [1.82, 2.24) is 4.90 Å². The first-order valence-corrected chi connectivity index (χ1v) is 6.27. The van der Waals surface area contributed by atoms with Crippen molar-refractivity contribution in [2.24, 2.45) is 0 Å². The van der Waals surface area contributed by atoms with E-state index in [1.54, 1.807) is 6.07 Å². The van der Waals surface area contributed by atoms with Crippen LogP contribution in [0.1, 0.15) is 25.7 Å². The Labute approximate surface area is 102 Å². The van der Waals surface area contributed by atoms with E-state index in [4.69, 9.17) is 4.74 Å². The highest BCUT2D eigenvalue weighted by Crippen LogP contribution is 2.18. The molecule has 0 aromatic carbocycles. The van der Waals surface area contributed by atoms with E-state index in [-0.39, 0.29) is 0 Å². The summed E-state index contributed by atoms with van der Waals surface area (Å²) in [5.41, 5.74) is 0. The van der Waals surface area contributed by atoms with Gasteiger partial charge in [-0.25, -0.2) is 0 Å². The van der Waals surface area contributed by atoms with Gasteiger partial charge in [0.15, 0.2) is 11.9 Å². The molecule has 94 valence electrons. The van der Waals surface area contributed by atoms with Gasteiger partial charge in [0.25, 0.3) is 0 Å². The maximum atomic E-state index is 11.0. The van der Waals surface area contributed by atoms with Gasteiger partial charge in [-0.05, 0) is 38.9 Å². The lowest BCUT2D eigenvalue weighted by atomic mass is 10.0. The van der Waals surface area contributed by atoms with E-state index in [9.17, 15) is 5.21 Å². The predicted octanol–water partition coefficient (Wildman–Crippen LogP) is 1.57. The quantitative estimate of drug-likeness (QED) is 0.588. The van der Waals surface area contributed by atoms with Crippen LogP contribution < -0.4 is 9.47 Å². The van der Waals surface area contributed by atoms with Crippen molar-refractivity contribution in [3.63, 3.8) is 0 Å². The molecule has 0 amide bonds. The number of aromatic nitrogens is 1. The Hall–Kier alpha value is -1.29. The van der Waals surface area contributed by atoms with Gasteiger partial charge in [-0.3, -0.25) is 0 Å². The molecule has 1 unspecified atom stereocenters. The Morgan fingerprint density at radius 3 is 3.18 bits per heavy atom. The fourth-order valence-corrected chi connectivity index (χ4v) is 2.34. The number of likely N-dealkylation sites (tertiary alicyclic amines) is 1. The Morgan fingerprint density at radius 2 is 2.41 bits per heavy atom. The smallest absolute Gasteiger partial charge is 0.222 e. The molecule has 1 saturated heterocycles. The third-order valence-electron chi connectivity index (χ3n) is 3.39. The number of ether oxygens (including phenoxy) is 1. The topological polar surface area (TPSA) is 39.4 Å². The molecule has 0 spiro atoms. The molecule has 1 fully saturated rings. The Kier molecular flexibility index (Phi) is 4.20. The first-order valence-electron chi connectivity index (χ1n) is 6.27. The van der Waals surface area contributed by atoms with Gasteiger partial charge < -0.3 is 14.8 Å². The zero-order chi connectivity index (χ0) is 12.1. The van der Waals surface area contributed by atoms with Crippen molar-refractivity contribution < 1.29 is 9.47 Å². The standard InChI is InChI=1S/C13H20N2O2/c1-14-8-3-2-5-12(14)7-10-17-13-6-4-9-15(16)11-13/h4,6,9,11-12H,2-3,5,7-8,10H2,1H3. The molecular formula is C13H20N2O2. The van der Waals surface area contributed by atoms with Crippen LogP contribution in [-0.2, 0) is 0 Å². The molecule has 0 radical (unpaired) electrons. The van der Waals surface area contributed by atoms with Crippen molar-refractivity contribution >= 4 is 0 Å². The van der Waals surface area contributed by atoms with E-state index in [2.05, 4.69) is 11.9 Å². The third kappa shape index (κ3) is 3.60. The van der Waals surface area contributed by atoms with Crippen LogP contribution in [0.5, 0.6) is 5.75 Å². The molecule has 2 heterocycles. The molecule has 1 atom stereocenters. The lowest BCUT2D eigenvalue weighted by Gasteiger charge is -2.32. The van der Waals surface area contributed by atoms with Crippen LogP contribution in [-0.4, -0.2) is 31.1 Å². The zero-order valence-electron chi connectivity index (χ0n) is 10.3. The zero-order valence-corrected chi connectivity index (χ0v) is 10.3. The molecule has 0 bridgehead atoms. The van der Waals surface area contributed by atoms with Gasteiger partial charge in [0.1, 0.15) is 0 Å². The van der Waals surface area contributed by atoms with E-state index in [1.807, 2.05) is 6.07 Å². The van der Waals surface area contributed by atoms with E-state index in [0.717, 1.165) is 11.2 Å². The highest BCUT2D eigenvalue weighted by Gasteiger charge is 2.18. The molecule has 1 aliphatic heterocycles. The summed E-state index contributed by atoms with van der Waals surface area (Å²) in [5.74, 6) is 0.654. The summed E-state index contributed by atoms with van der Waals surface area (Å²) in [6, 6.07) is 4.15. The average molecular weight is 236 g/mol. The first-order chi connectivity index (χ1) is 8.25. The van der Waals surface area contributed by atoms with E-state index < -0.39 is 0 Å². The van der Waals surface area contributed by atoms with Gasteiger partial charge >= 0.3 is 0 Å². The molecule has 4 nitrogen and oxygen atoms in total.